The van der Waals surface area contributed by atoms with E-state index < -0.39 is 5.97 Å². The normalized spacial score (nSPS) is 10.6. The zero-order chi connectivity index (χ0) is 13.8. The number of aliphatic carboxylic acids is 1. The first-order valence-corrected chi connectivity index (χ1v) is 6.19. The molecule has 0 radical (unpaired) electrons. The molecule has 5 heteroatoms. The molecule has 0 aliphatic heterocycles. The first kappa shape index (κ1) is 13.1. The van der Waals surface area contributed by atoms with Crippen molar-refractivity contribution in [1.82, 2.24) is 4.98 Å². The Morgan fingerprint density at radius 3 is 2.95 bits per heavy atom. The van der Waals surface area contributed by atoms with Crippen LogP contribution in [-0.2, 0) is 4.79 Å². The van der Waals surface area contributed by atoms with Crippen molar-refractivity contribution in [3.63, 3.8) is 0 Å². The number of aromatic nitrogens is 1. The number of hydrogen-bond donors (Lipinski definition) is 3. The van der Waals surface area contributed by atoms with E-state index in [9.17, 15) is 4.79 Å². The Bertz CT molecular complexity index is 611. The fraction of sp³-hybridized carbons (Fsp3) is 0.286. The molecule has 19 heavy (non-hydrogen) atoms. The highest BCUT2D eigenvalue weighted by atomic mass is 16.4. The van der Waals surface area contributed by atoms with Crippen molar-refractivity contribution in [1.29, 1.82) is 0 Å². The molecular formula is C14H17N3O2. The number of nitrogen functional groups attached to an aromatic ring is 1. The van der Waals surface area contributed by atoms with Gasteiger partial charge in [-0.1, -0.05) is 6.07 Å². The van der Waals surface area contributed by atoms with Gasteiger partial charge in [0.15, 0.2) is 0 Å². The average molecular weight is 259 g/mol. The van der Waals surface area contributed by atoms with E-state index in [-0.39, 0.29) is 6.42 Å². The summed E-state index contributed by atoms with van der Waals surface area (Å²) in [5.74, 6) is -0.0270. The minimum absolute atomic E-state index is 0.152. The summed E-state index contributed by atoms with van der Waals surface area (Å²) >= 11 is 0. The fourth-order valence-corrected chi connectivity index (χ4v) is 2.07. The zero-order valence-corrected chi connectivity index (χ0v) is 10.8. The molecule has 1 aromatic carbocycles. The Hall–Kier alpha value is -2.30. The second-order valence-electron chi connectivity index (χ2n) is 4.48. The molecule has 0 aliphatic rings. The molecule has 0 bridgehead atoms. The molecule has 0 unspecified atom stereocenters. The molecular weight excluding hydrogens is 242 g/mol. The van der Waals surface area contributed by atoms with Gasteiger partial charge in [-0.05, 0) is 31.0 Å². The molecule has 1 aromatic heterocycles. The van der Waals surface area contributed by atoms with Crippen LogP contribution in [0.15, 0.2) is 24.4 Å². The molecule has 0 amide bonds. The molecule has 1 heterocycles. The van der Waals surface area contributed by atoms with Crippen LogP contribution < -0.4 is 11.1 Å². The number of nitrogens with two attached hydrogens (primary N) is 1. The lowest BCUT2D eigenvalue weighted by molar-refractivity contribution is -0.137. The van der Waals surface area contributed by atoms with Gasteiger partial charge in [0.1, 0.15) is 5.82 Å². The largest absolute Gasteiger partial charge is 0.481 e. The van der Waals surface area contributed by atoms with Gasteiger partial charge in [-0.2, -0.15) is 0 Å². The van der Waals surface area contributed by atoms with Crippen LogP contribution in [0, 0.1) is 6.92 Å². The van der Waals surface area contributed by atoms with Gasteiger partial charge < -0.3 is 16.2 Å². The number of hydrogen-bond acceptors (Lipinski definition) is 4. The van der Waals surface area contributed by atoms with Crippen LogP contribution in [0.2, 0.25) is 0 Å². The van der Waals surface area contributed by atoms with E-state index in [0.29, 0.717) is 13.0 Å². The minimum Gasteiger partial charge on any atom is -0.481 e. The molecule has 2 rings (SSSR count). The van der Waals surface area contributed by atoms with Gasteiger partial charge in [-0.15, -0.1) is 0 Å². The molecule has 0 saturated carbocycles. The van der Waals surface area contributed by atoms with Crippen molar-refractivity contribution < 1.29 is 9.90 Å². The van der Waals surface area contributed by atoms with E-state index in [2.05, 4.69) is 10.3 Å². The van der Waals surface area contributed by atoms with Crippen LogP contribution >= 0.6 is 0 Å². The summed E-state index contributed by atoms with van der Waals surface area (Å²) in [6, 6.07) is 5.73. The van der Waals surface area contributed by atoms with Gasteiger partial charge in [-0.3, -0.25) is 4.79 Å². The quantitative estimate of drug-likeness (QED) is 0.567. The lowest BCUT2D eigenvalue weighted by Gasteiger charge is -2.11. The van der Waals surface area contributed by atoms with E-state index in [1.54, 1.807) is 6.20 Å². The van der Waals surface area contributed by atoms with Crippen molar-refractivity contribution in [3.8, 4) is 0 Å². The van der Waals surface area contributed by atoms with Gasteiger partial charge in [0.25, 0.3) is 0 Å². The number of nitrogens with zero attached hydrogens (tertiary/aromatic N) is 1. The third-order valence-corrected chi connectivity index (χ3v) is 3.03. The van der Waals surface area contributed by atoms with Crippen LogP contribution in [-0.4, -0.2) is 22.6 Å². The lowest BCUT2D eigenvalue weighted by Crippen LogP contribution is -2.07. The van der Waals surface area contributed by atoms with Crippen molar-refractivity contribution in [2.24, 2.45) is 0 Å². The first-order valence-electron chi connectivity index (χ1n) is 6.19. The number of fused-ring (bicyclic) bond motifs is 1. The second kappa shape index (κ2) is 5.56. The smallest absolute Gasteiger partial charge is 0.303 e. The predicted octanol–water partition coefficient (Wildman–Crippen LogP) is 2.40. The standard InChI is InChI=1S/C14H17N3O2/c1-9-4-5-11(15)10-6-8-17-14(13(9)10)16-7-2-3-12(18)19/h4-6,8H,2-3,7,15H2,1H3,(H,16,17)(H,18,19). The van der Waals surface area contributed by atoms with Gasteiger partial charge >= 0.3 is 5.97 Å². The molecule has 2 aromatic rings. The summed E-state index contributed by atoms with van der Waals surface area (Å²) in [4.78, 5) is 14.8. The SMILES string of the molecule is Cc1ccc(N)c2ccnc(NCCCC(=O)O)c12. The lowest BCUT2D eigenvalue weighted by atomic mass is 10.1. The first-order chi connectivity index (χ1) is 9.09. The number of carbonyl (C=O) groups is 1. The monoisotopic (exact) mass is 259 g/mol. The number of rotatable bonds is 5. The van der Waals surface area contributed by atoms with Crippen LogP contribution in [0.25, 0.3) is 10.8 Å². The topological polar surface area (TPSA) is 88.2 Å². The fourth-order valence-electron chi connectivity index (χ4n) is 2.07. The molecule has 0 spiro atoms. The van der Waals surface area contributed by atoms with Crippen molar-refractivity contribution in [2.45, 2.75) is 19.8 Å². The number of carboxylic acid groups (broad SMARTS) is 1. The molecule has 5 nitrogen and oxygen atoms in total. The highest BCUT2D eigenvalue weighted by Gasteiger charge is 2.07. The van der Waals surface area contributed by atoms with Crippen molar-refractivity contribution >= 4 is 28.2 Å². The van der Waals surface area contributed by atoms with Gasteiger partial charge in [-0.25, -0.2) is 4.98 Å². The molecule has 0 saturated heterocycles. The molecule has 0 fully saturated rings. The van der Waals surface area contributed by atoms with E-state index in [1.165, 1.54) is 0 Å². The minimum atomic E-state index is -0.784. The number of pyridine rings is 1. The number of anilines is 2. The van der Waals surface area contributed by atoms with Gasteiger partial charge in [0.2, 0.25) is 0 Å². The maximum atomic E-state index is 10.5. The van der Waals surface area contributed by atoms with Crippen LogP contribution in [0.4, 0.5) is 11.5 Å². The van der Waals surface area contributed by atoms with E-state index in [1.807, 2.05) is 25.1 Å². The number of carboxylic acids is 1. The third-order valence-electron chi connectivity index (χ3n) is 3.03. The molecule has 4 N–H and O–H groups in total. The Balaban J connectivity index is 2.23. The third kappa shape index (κ3) is 2.93. The second-order valence-corrected chi connectivity index (χ2v) is 4.48. The highest BCUT2D eigenvalue weighted by Crippen LogP contribution is 2.28. The van der Waals surface area contributed by atoms with Gasteiger partial charge in [0.05, 0.1) is 0 Å². The summed E-state index contributed by atoms with van der Waals surface area (Å²) in [6.07, 6.45) is 2.42. The Labute approximate surface area is 111 Å². The summed E-state index contributed by atoms with van der Waals surface area (Å²) in [6.45, 7) is 2.58. The predicted molar refractivity (Wildman–Crippen MR) is 76.3 cm³/mol. The Morgan fingerprint density at radius 1 is 1.42 bits per heavy atom. The number of benzene rings is 1. The van der Waals surface area contributed by atoms with Crippen molar-refractivity contribution in [3.05, 3.63) is 30.0 Å². The summed E-state index contributed by atoms with van der Waals surface area (Å²) < 4.78 is 0. The maximum Gasteiger partial charge on any atom is 0.303 e. The van der Waals surface area contributed by atoms with Crippen LogP contribution in [0.3, 0.4) is 0 Å². The maximum absolute atomic E-state index is 10.5. The Morgan fingerprint density at radius 2 is 2.21 bits per heavy atom. The summed E-state index contributed by atoms with van der Waals surface area (Å²) in [5.41, 5.74) is 7.77. The highest BCUT2D eigenvalue weighted by molar-refractivity contribution is 6.01. The van der Waals surface area contributed by atoms with E-state index in [0.717, 1.165) is 27.8 Å². The van der Waals surface area contributed by atoms with E-state index >= 15 is 0 Å². The van der Waals surface area contributed by atoms with Gasteiger partial charge in [0, 0.05) is 35.6 Å². The average Bonchev–Trinajstić information content (AvgIpc) is 2.39. The van der Waals surface area contributed by atoms with Crippen molar-refractivity contribution in [2.75, 3.05) is 17.6 Å². The summed E-state index contributed by atoms with van der Waals surface area (Å²) in [7, 11) is 0. The Kier molecular flexibility index (Phi) is 3.85. The molecule has 0 aliphatic carbocycles. The number of aryl methyl sites for hydroxylation is 1. The molecule has 0 atom stereocenters. The van der Waals surface area contributed by atoms with Crippen LogP contribution in [0.5, 0.6) is 0 Å². The summed E-state index contributed by atoms with van der Waals surface area (Å²) in [5, 5.41) is 13.8. The number of nitrogens with one attached hydrogen (secondary N) is 1. The molecule has 100 valence electrons. The van der Waals surface area contributed by atoms with Crippen LogP contribution in [0.1, 0.15) is 18.4 Å². The van der Waals surface area contributed by atoms with E-state index in [4.69, 9.17) is 10.8 Å². The zero-order valence-electron chi connectivity index (χ0n) is 10.8.